The van der Waals surface area contributed by atoms with E-state index in [1.54, 1.807) is 5.69 Å². The van der Waals surface area contributed by atoms with Crippen LogP contribution < -0.4 is 5.73 Å². The Hall–Kier alpha value is -0.760. The summed E-state index contributed by atoms with van der Waals surface area (Å²) in [6, 6.07) is 3.35. The van der Waals surface area contributed by atoms with Crippen molar-refractivity contribution < 1.29 is 0 Å². The van der Waals surface area contributed by atoms with Crippen molar-refractivity contribution in [2.24, 2.45) is 17.6 Å². The molecule has 3 rings (SSSR count). The first kappa shape index (κ1) is 12.3. The SMILES string of the molecule is Cc1cc2c(n1C1CCC(C)C1C)CCCC2N. The Labute approximate surface area is 111 Å². The molecule has 0 bridgehead atoms. The highest BCUT2D eigenvalue weighted by atomic mass is 15.0. The van der Waals surface area contributed by atoms with Crippen molar-refractivity contribution >= 4 is 0 Å². The molecule has 2 nitrogen and oxygen atoms in total. The van der Waals surface area contributed by atoms with Crippen LogP contribution in [-0.2, 0) is 6.42 Å². The molecule has 2 N–H and O–H groups in total. The van der Waals surface area contributed by atoms with Gasteiger partial charge in [0.1, 0.15) is 0 Å². The van der Waals surface area contributed by atoms with Gasteiger partial charge in [-0.3, -0.25) is 0 Å². The Bertz CT molecular complexity index is 446. The summed E-state index contributed by atoms with van der Waals surface area (Å²) in [5.74, 6) is 1.67. The van der Waals surface area contributed by atoms with Gasteiger partial charge >= 0.3 is 0 Å². The number of aromatic nitrogens is 1. The van der Waals surface area contributed by atoms with E-state index in [2.05, 4.69) is 31.4 Å². The highest BCUT2D eigenvalue weighted by Crippen LogP contribution is 2.43. The molecule has 2 aliphatic carbocycles. The lowest BCUT2D eigenvalue weighted by Gasteiger charge is -2.27. The molecular weight excluding hydrogens is 220 g/mol. The fraction of sp³-hybridized carbons (Fsp3) is 0.750. The van der Waals surface area contributed by atoms with Crippen molar-refractivity contribution in [2.75, 3.05) is 0 Å². The number of nitrogens with zero attached hydrogens (tertiary/aromatic N) is 1. The van der Waals surface area contributed by atoms with Crippen LogP contribution in [0.5, 0.6) is 0 Å². The second-order valence-electron chi connectivity index (χ2n) is 6.54. The van der Waals surface area contributed by atoms with Crippen LogP contribution in [0.2, 0.25) is 0 Å². The maximum atomic E-state index is 6.28. The number of hydrogen-bond donors (Lipinski definition) is 1. The summed E-state index contributed by atoms with van der Waals surface area (Å²) in [6.45, 7) is 7.10. The second kappa shape index (κ2) is 4.41. The van der Waals surface area contributed by atoms with Gasteiger partial charge in [-0.15, -0.1) is 0 Å². The van der Waals surface area contributed by atoms with Crippen molar-refractivity contribution in [1.82, 2.24) is 4.57 Å². The summed E-state index contributed by atoms with van der Waals surface area (Å²) in [6.07, 6.45) is 6.37. The van der Waals surface area contributed by atoms with Crippen LogP contribution >= 0.6 is 0 Å². The molecule has 1 saturated carbocycles. The first-order valence-corrected chi connectivity index (χ1v) is 7.55. The molecule has 2 heteroatoms. The molecule has 0 aliphatic heterocycles. The predicted molar refractivity (Wildman–Crippen MR) is 75.6 cm³/mol. The van der Waals surface area contributed by atoms with E-state index in [-0.39, 0.29) is 6.04 Å². The van der Waals surface area contributed by atoms with Crippen LogP contribution in [-0.4, -0.2) is 4.57 Å². The van der Waals surface area contributed by atoms with Crippen LogP contribution in [0.3, 0.4) is 0 Å². The molecule has 18 heavy (non-hydrogen) atoms. The first-order chi connectivity index (χ1) is 8.59. The van der Waals surface area contributed by atoms with E-state index in [0.717, 1.165) is 18.3 Å². The molecular formula is C16H26N2. The Morgan fingerprint density at radius 3 is 2.67 bits per heavy atom. The second-order valence-corrected chi connectivity index (χ2v) is 6.54. The van der Waals surface area contributed by atoms with Crippen molar-refractivity contribution in [1.29, 1.82) is 0 Å². The molecule has 0 spiro atoms. The molecule has 4 atom stereocenters. The average Bonchev–Trinajstić information content (AvgIpc) is 2.83. The van der Waals surface area contributed by atoms with Gasteiger partial charge in [0.05, 0.1) is 0 Å². The lowest BCUT2D eigenvalue weighted by Crippen LogP contribution is -2.22. The molecule has 1 fully saturated rings. The van der Waals surface area contributed by atoms with Gasteiger partial charge in [-0.2, -0.15) is 0 Å². The lowest BCUT2D eigenvalue weighted by atomic mass is 9.92. The van der Waals surface area contributed by atoms with Crippen LogP contribution in [0.15, 0.2) is 6.07 Å². The van der Waals surface area contributed by atoms with Crippen LogP contribution in [0.1, 0.15) is 68.6 Å². The fourth-order valence-electron chi connectivity index (χ4n) is 4.13. The molecule has 4 unspecified atom stereocenters. The lowest BCUT2D eigenvalue weighted by molar-refractivity contribution is 0.340. The molecule has 1 heterocycles. The summed E-state index contributed by atoms with van der Waals surface area (Å²) in [7, 11) is 0. The van der Waals surface area contributed by atoms with Crippen molar-refractivity contribution in [3.63, 3.8) is 0 Å². The maximum Gasteiger partial charge on any atom is 0.0364 e. The maximum absolute atomic E-state index is 6.28. The predicted octanol–water partition coefficient (Wildman–Crippen LogP) is 3.74. The Balaban J connectivity index is 2.02. The topological polar surface area (TPSA) is 30.9 Å². The molecule has 0 amide bonds. The zero-order valence-electron chi connectivity index (χ0n) is 11.9. The number of hydrogen-bond acceptors (Lipinski definition) is 1. The number of nitrogens with two attached hydrogens (primary N) is 1. The summed E-state index contributed by atoms with van der Waals surface area (Å²) in [5.41, 5.74) is 10.7. The summed E-state index contributed by atoms with van der Waals surface area (Å²) in [5, 5.41) is 0. The summed E-state index contributed by atoms with van der Waals surface area (Å²) < 4.78 is 2.64. The standard InChI is InChI=1S/C16H26N2/c1-10-7-8-15(12(10)3)18-11(2)9-13-14(17)5-4-6-16(13)18/h9-10,12,14-15H,4-8,17H2,1-3H3. The van der Waals surface area contributed by atoms with E-state index in [9.17, 15) is 0 Å². The van der Waals surface area contributed by atoms with Gasteiger partial charge in [-0.05, 0) is 62.5 Å². The third-order valence-electron chi connectivity index (χ3n) is 5.45. The van der Waals surface area contributed by atoms with Gasteiger partial charge in [0, 0.05) is 23.5 Å². The quantitative estimate of drug-likeness (QED) is 0.804. The van der Waals surface area contributed by atoms with Gasteiger partial charge in [-0.25, -0.2) is 0 Å². The summed E-state index contributed by atoms with van der Waals surface area (Å²) in [4.78, 5) is 0. The van der Waals surface area contributed by atoms with Gasteiger partial charge in [0.2, 0.25) is 0 Å². The number of rotatable bonds is 1. The molecule has 1 aromatic heterocycles. The largest absolute Gasteiger partial charge is 0.345 e. The Kier molecular flexibility index (Phi) is 3.01. The van der Waals surface area contributed by atoms with Crippen LogP contribution in [0, 0.1) is 18.8 Å². The van der Waals surface area contributed by atoms with Crippen molar-refractivity contribution in [3.8, 4) is 0 Å². The van der Waals surface area contributed by atoms with Gasteiger partial charge in [0.25, 0.3) is 0 Å². The molecule has 1 aromatic rings. The zero-order valence-corrected chi connectivity index (χ0v) is 11.9. The van der Waals surface area contributed by atoms with Gasteiger partial charge in [-0.1, -0.05) is 13.8 Å². The van der Waals surface area contributed by atoms with Gasteiger partial charge in [0.15, 0.2) is 0 Å². The van der Waals surface area contributed by atoms with E-state index in [1.165, 1.54) is 36.9 Å². The molecule has 100 valence electrons. The fourth-order valence-corrected chi connectivity index (χ4v) is 4.13. The monoisotopic (exact) mass is 246 g/mol. The minimum atomic E-state index is 0.280. The van der Waals surface area contributed by atoms with E-state index >= 15 is 0 Å². The third kappa shape index (κ3) is 1.73. The summed E-state index contributed by atoms with van der Waals surface area (Å²) >= 11 is 0. The minimum Gasteiger partial charge on any atom is -0.345 e. The van der Waals surface area contributed by atoms with E-state index in [0.29, 0.717) is 6.04 Å². The average molecular weight is 246 g/mol. The van der Waals surface area contributed by atoms with Crippen molar-refractivity contribution in [2.45, 2.75) is 65.0 Å². The highest BCUT2D eigenvalue weighted by molar-refractivity contribution is 5.33. The normalized spacial score (nSPS) is 35.8. The highest BCUT2D eigenvalue weighted by Gasteiger charge is 2.34. The molecule has 2 aliphatic rings. The zero-order chi connectivity index (χ0) is 12.9. The first-order valence-electron chi connectivity index (χ1n) is 7.55. The Morgan fingerprint density at radius 1 is 1.22 bits per heavy atom. The van der Waals surface area contributed by atoms with E-state index < -0.39 is 0 Å². The van der Waals surface area contributed by atoms with Crippen LogP contribution in [0.4, 0.5) is 0 Å². The molecule has 0 saturated heterocycles. The van der Waals surface area contributed by atoms with Crippen molar-refractivity contribution in [3.05, 3.63) is 23.0 Å². The molecule has 0 radical (unpaired) electrons. The van der Waals surface area contributed by atoms with Gasteiger partial charge < -0.3 is 10.3 Å². The van der Waals surface area contributed by atoms with E-state index in [4.69, 9.17) is 5.73 Å². The van der Waals surface area contributed by atoms with Crippen LogP contribution in [0.25, 0.3) is 0 Å². The smallest absolute Gasteiger partial charge is 0.0364 e. The third-order valence-corrected chi connectivity index (χ3v) is 5.45. The number of fused-ring (bicyclic) bond motifs is 1. The number of aryl methyl sites for hydroxylation is 1. The minimum absolute atomic E-state index is 0.280. The van der Waals surface area contributed by atoms with E-state index in [1.807, 2.05) is 0 Å². The Morgan fingerprint density at radius 2 is 2.00 bits per heavy atom. The molecule has 0 aromatic carbocycles.